The lowest BCUT2D eigenvalue weighted by atomic mass is 10.1. The fourth-order valence-corrected chi connectivity index (χ4v) is 1.92. The molecule has 0 aliphatic carbocycles. The molecule has 0 heterocycles. The molecular weight excluding hydrogens is 300 g/mol. The Labute approximate surface area is 140 Å². The standard InChI is InChI=1S/C15H36N4O4/c1-13(8-21-4)18-10-15(3,20)11-19-23-7-6-17-9-14(2,16)12-22-5/h13,17-20H,6-12,16H2,1-5H3. The minimum absolute atomic E-state index is 0.189. The molecule has 0 aromatic carbocycles. The Bertz CT molecular complexity index is 291. The first-order valence-electron chi connectivity index (χ1n) is 8.00. The molecule has 0 aromatic heterocycles. The topological polar surface area (TPSA) is 110 Å². The number of hydrogen-bond donors (Lipinski definition) is 5. The van der Waals surface area contributed by atoms with Crippen LogP contribution in [0.2, 0.25) is 0 Å². The van der Waals surface area contributed by atoms with E-state index in [9.17, 15) is 5.11 Å². The molecule has 0 saturated heterocycles. The molecule has 0 aliphatic heterocycles. The summed E-state index contributed by atoms with van der Waals surface area (Å²) in [6, 6.07) is 0.189. The fraction of sp³-hybridized carbons (Fsp3) is 1.00. The summed E-state index contributed by atoms with van der Waals surface area (Å²) in [6.45, 7) is 9.35. The Hall–Kier alpha value is -0.320. The van der Waals surface area contributed by atoms with Crippen LogP contribution in [0.5, 0.6) is 0 Å². The Morgan fingerprint density at radius 2 is 1.83 bits per heavy atom. The Morgan fingerprint density at radius 3 is 2.43 bits per heavy atom. The molecule has 23 heavy (non-hydrogen) atoms. The van der Waals surface area contributed by atoms with Crippen molar-refractivity contribution in [3.05, 3.63) is 0 Å². The van der Waals surface area contributed by atoms with E-state index in [1.165, 1.54) is 0 Å². The number of nitrogens with one attached hydrogen (secondary N) is 3. The Kier molecular flexibility index (Phi) is 11.9. The van der Waals surface area contributed by atoms with Crippen LogP contribution in [0, 0.1) is 0 Å². The minimum Gasteiger partial charge on any atom is -0.387 e. The molecule has 0 aromatic rings. The highest BCUT2D eigenvalue weighted by Gasteiger charge is 2.21. The van der Waals surface area contributed by atoms with E-state index in [0.717, 1.165) is 0 Å². The highest BCUT2D eigenvalue weighted by atomic mass is 16.6. The zero-order valence-corrected chi connectivity index (χ0v) is 15.3. The molecule has 0 amide bonds. The van der Waals surface area contributed by atoms with E-state index >= 15 is 0 Å². The highest BCUT2D eigenvalue weighted by Crippen LogP contribution is 2.00. The van der Waals surface area contributed by atoms with Gasteiger partial charge < -0.3 is 35.8 Å². The number of rotatable bonds is 15. The van der Waals surface area contributed by atoms with Crippen molar-refractivity contribution < 1.29 is 19.4 Å². The van der Waals surface area contributed by atoms with E-state index in [0.29, 0.717) is 46.0 Å². The summed E-state index contributed by atoms with van der Waals surface area (Å²) in [7, 11) is 3.29. The van der Waals surface area contributed by atoms with Gasteiger partial charge in [0, 0.05) is 45.4 Å². The molecule has 0 rings (SSSR count). The van der Waals surface area contributed by atoms with Gasteiger partial charge in [-0.3, -0.25) is 0 Å². The van der Waals surface area contributed by atoms with Crippen molar-refractivity contribution >= 4 is 0 Å². The zero-order chi connectivity index (χ0) is 17.8. The SMILES string of the molecule is COCC(C)NCC(C)(O)CNOCCNCC(C)(N)COC. The maximum atomic E-state index is 10.2. The number of nitrogens with two attached hydrogens (primary N) is 1. The van der Waals surface area contributed by atoms with Crippen molar-refractivity contribution in [1.29, 1.82) is 0 Å². The van der Waals surface area contributed by atoms with Crippen LogP contribution in [0.25, 0.3) is 0 Å². The van der Waals surface area contributed by atoms with Gasteiger partial charge in [-0.05, 0) is 20.8 Å². The highest BCUT2D eigenvalue weighted by molar-refractivity contribution is 4.80. The van der Waals surface area contributed by atoms with Crippen LogP contribution >= 0.6 is 0 Å². The first kappa shape index (κ1) is 22.7. The average Bonchev–Trinajstić information content (AvgIpc) is 2.44. The van der Waals surface area contributed by atoms with Crippen molar-refractivity contribution in [2.45, 2.75) is 38.0 Å². The quantitative estimate of drug-likeness (QED) is 0.188. The summed E-state index contributed by atoms with van der Waals surface area (Å²) < 4.78 is 10.1. The van der Waals surface area contributed by atoms with Crippen LogP contribution in [0.15, 0.2) is 0 Å². The molecule has 140 valence electrons. The number of methoxy groups -OCH3 is 2. The number of aliphatic hydroxyl groups is 1. The second kappa shape index (κ2) is 12.1. The van der Waals surface area contributed by atoms with E-state index < -0.39 is 11.1 Å². The fourth-order valence-electron chi connectivity index (χ4n) is 1.92. The zero-order valence-electron chi connectivity index (χ0n) is 15.3. The minimum atomic E-state index is -0.899. The van der Waals surface area contributed by atoms with Crippen molar-refractivity contribution in [3.63, 3.8) is 0 Å². The van der Waals surface area contributed by atoms with E-state index in [-0.39, 0.29) is 6.04 Å². The van der Waals surface area contributed by atoms with Gasteiger partial charge in [-0.2, -0.15) is 5.48 Å². The van der Waals surface area contributed by atoms with Gasteiger partial charge >= 0.3 is 0 Å². The molecule has 0 fully saturated rings. The molecule has 0 spiro atoms. The molecular formula is C15H36N4O4. The van der Waals surface area contributed by atoms with Crippen LogP contribution < -0.4 is 21.8 Å². The van der Waals surface area contributed by atoms with Gasteiger partial charge in [0.05, 0.1) is 32.0 Å². The maximum Gasteiger partial charge on any atom is 0.0890 e. The van der Waals surface area contributed by atoms with Gasteiger partial charge in [0.2, 0.25) is 0 Å². The molecule has 3 unspecified atom stereocenters. The molecule has 8 heteroatoms. The molecule has 0 saturated carbocycles. The van der Waals surface area contributed by atoms with E-state index in [1.54, 1.807) is 21.1 Å². The number of ether oxygens (including phenoxy) is 2. The van der Waals surface area contributed by atoms with Gasteiger partial charge in [-0.25, -0.2) is 0 Å². The van der Waals surface area contributed by atoms with Crippen molar-refractivity contribution in [1.82, 2.24) is 16.1 Å². The van der Waals surface area contributed by atoms with Crippen molar-refractivity contribution in [3.8, 4) is 0 Å². The smallest absolute Gasteiger partial charge is 0.0890 e. The second-order valence-corrected chi connectivity index (χ2v) is 6.67. The van der Waals surface area contributed by atoms with Crippen LogP contribution in [0.4, 0.5) is 0 Å². The molecule has 8 nitrogen and oxygen atoms in total. The number of hydrogen-bond acceptors (Lipinski definition) is 8. The summed E-state index contributed by atoms with van der Waals surface area (Å²) in [4.78, 5) is 5.30. The van der Waals surface area contributed by atoms with Crippen molar-refractivity contribution in [2.24, 2.45) is 5.73 Å². The van der Waals surface area contributed by atoms with E-state index in [2.05, 4.69) is 16.1 Å². The van der Waals surface area contributed by atoms with E-state index in [4.69, 9.17) is 20.0 Å². The maximum absolute atomic E-state index is 10.2. The average molecular weight is 336 g/mol. The number of hydroxylamine groups is 1. The molecule has 6 N–H and O–H groups in total. The summed E-state index contributed by atoms with van der Waals surface area (Å²) >= 11 is 0. The van der Waals surface area contributed by atoms with Crippen LogP contribution in [0.1, 0.15) is 20.8 Å². The lowest BCUT2D eigenvalue weighted by Gasteiger charge is -2.26. The van der Waals surface area contributed by atoms with Gasteiger partial charge in [0.1, 0.15) is 0 Å². The third-order valence-electron chi connectivity index (χ3n) is 3.19. The first-order chi connectivity index (χ1) is 10.7. The third-order valence-corrected chi connectivity index (χ3v) is 3.19. The van der Waals surface area contributed by atoms with Gasteiger partial charge in [0.25, 0.3) is 0 Å². The predicted octanol–water partition coefficient (Wildman–Crippen LogP) is -1.16. The van der Waals surface area contributed by atoms with Gasteiger partial charge in [0.15, 0.2) is 0 Å². The predicted molar refractivity (Wildman–Crippen MR) is 91.3 cm³/mol. The summed E-state index contributed by atoms with van der Waals surface area (Å²) in [6.07, 6.45) is 0. The van der Waals surface area contributed by atoms with Crippen LogP contribution in [0.3, 0.4) is 0 Å². The van der Waals surface area contributed by atoms with E-state index in [1.807, 2.05) is 13.8 Å². The third kappa shape index (κ3) is 13.8. The first-order valence-corrected chi connectivity index (χ1v) is 8.00. The normalized spacial score (nSPS) is 18.4. The molecule has 0 bridgehead atoms. The largest absolute Gasteiger partial charge is 0.387 e. The Balaban J connectivity index is 3.62. The monoisotopic (exact) mass is 336 g/mol. The summed E-state index contributed by atoms with van der Waals surface area (Å²) in [5, 5.41) is 16.6. The van der Waals surface area contributed by atoms with Gasteiger partial charge in [-0.15, -0.1) is 0 Å². The second-order valence-electron chi connectivity index (χ2n) is 6.67. The Morgan fingerprint density at radius 1 is 1.13 bits per heavy atom. The molecule has 3 atom stereocenters. The molecule has 0 radical (unpaired) electrons. The summed E-state index contributed by atoms with van der Waals surface area (Å²) in [5.74, 6) is 0. The lowest BCUT2D eigenvalue weighted by molar-refractivity contribution is -0.0234. The molecule has 0 aliphatic rings. The van der Waals surface area contributed by atoms with Crippen LogP contribution in [-0.2, 0) is 14.3 Å². The van der Waals surface area contributed by atoms with Crippen LogP contribution in [-0.4, -0.2) is 82.5 Å². The van der Waals surface area contributed by atoms with Crippen molar-refractivity contribution in [2.75, 3.05) is 60.2 Å². The van der Waals surface area contributed by atoms with Gasteiger partial charge in [-0.1, -0.05) is 0 Å². The summed E-state index contributed by atoms with van der Waals surface area (Å²) in [5.41, 5.74) is 7.51. The lowest BCUT2D eigenvalue weighted by Crippen LogP contribution is -2.50.